The predicted molar refractivity (Wildman–Crippen MR) is 96.5 cm³/mol. The molecule has 170 valence electrons. The van der Waals surface area contributed by atoms with E-state index in [9.17, 15) is 22.8 Å². The maximum absolute atomic E-state index is 13.0. The van der Waals surface area contributed by atoms with Crippen LogP contribution < -0.4 is 0 Å². The van der Waals surface area contributed by atoms with Crippen LogP contribution in [0.2, 0.25) is 0 Å². The van der Waals surface area contributed by atoms with Gasteiger partial charge in [-0.25, -0.2) is 9.86 Å². The minimum atomic E-state index is -4.91. The number of halogens is 3. The van der Waals surface area contributed by atoms with Crippen molar-refractivity contribution in [2.24, 2.45) is 0 Å². The molecule has 1 rings (SSSR count). The lowest BCUT2D eigenvalue weighted by Gasteiger charge is -2.37. The Morgan fingerprint density at radius 2 is 1.86 bits per heavy atom. The van der Waals surface area contributed by atoms with Crippen LogP contribution in [0, 0.1) is 0 Å². The van der Waals surface area contributed by atoms with Crippen LogP contribution in [0.25, 0.3) is 0 Å². The zero-order chi connectivity index (χ0) is 22.6. The topological polar surface area (TPSA) is 77.5 Å². The molecule has 1 fully saturated rings. The molecule has 0 radical (unpaired) electrons. The molecule has 1 aliphatic heterocycles. The average Bonchev–Trinajstić information content (AvgIpc) is 2.85. The summed E-state index contributed by atoms with van der Waals surface area (Å²) in [6, 6.07) is -1.03. The van der Waals surface area contributed by atoms with Gasteiger partial charge in [0.1, 0.15) is 11.3 Å². The van der Waals surface area contributed by atoms with Gasteiger partial charge in [0.2, 0.25) is 5.91 Å². The van der Waals surface area contributed by atoms with E-state index in [4.69, 9.17) is 14.3 Å². The first kappa shape index (κ1) is 25.4. The summed E-state index contributed by atoms with van der Waals surface area (Å²) in [6.45, 7) is 7.96. The van der Waals surface area contributed by atoms with Crippen LogP contribution in [0.1, 0.15) is 53.9 Å². The Hall–Kier alpha value is -1.59. The normalized spacial score (nSPS) is 20.5. The quantitative estimate of drug-likeness (QED) is 0.578. The molecule has 11 heteroatoms. The van der Waals surface area contributed by atoms with E-state index in [2.05, 4.69) is 4.74 Å². The maximum Gasteiger partial charge on any atom is 0.522 e. The molecule has 8 nitrogen and oxygen atoms in total. The van der Waals surface area contributed by atoms with E-state index in [1.807, 2.05) is 0 Å². The Bertz CT molecular complexity index is 577. The van der Waals surface area contributed by atoms with Gasteiger partial charge in [-0.1, -0.05) is 0 Å². The van der Waals surface area contributed by atoms with Crippen molar-refractivity contribution < 1.29 is 41.8 Å². The SMILES string of the molecule is CON(C)C(=O)CCC[C@@H](OC(F)(F)F)[C@@H]1COC(C)(C)N1C(=O)OC(C)(C)C. The zero-order valence-corrected chi connectivity index (χ0v) is 18.0. The molecular weight excluding hydrogens is 397 g/mol. The number of hydrogen-bond donors (Lipinski definition) is 0. The summed E-state index contributed by atoms with van der Waals surface area (Å²) in [6.07, 6.45) is -7.19. The van der Waals surface area contributed by atoms with Crippen LogP contribution in [-0.4, -0.2) is 72.6 Å². The van der Waals surface area contributed by atoms with Crippen LogP contribution in [0.15, 0.2) is 0 Å². The van der Waals surface area contributed by atoms with Crippen LogP contribution in [0.5, 0.6) is 0 Å². The molecule has 0 spiro atoms. The second-order valence-electron chi connectivity index (χ2n) is 8.24. The van der Waals surface area contributed by atoms with Gasteiger partial charge in [0.15, 0.2) is 0 Å². The van der Waals surface area contributed by atoms with Gasteiger partial charge in [0, 0.05) is 13.5 Å². The summed E-state index contributed by atoms with van der Waals surface area (Å²) in [7, 11) is 2.72. The lowest BCUT2D eigenvalue weighted by molar-refractivity contribution is -0.348. The van der Waals surface area contributed by atoms with Crippen molar-refractivity contribution in [2.45, 2.75) is 83.7 Å². The average molecular weight is 428 g/mol. The summed E-state index contributed by atoms with van der Waals surface area (Å²) in [5, 5.41) is 0.994. The third-order valence-corrected chi connectivity index (χ3v) is 4.33. The molecule has 2 atom stereocenters. The molecule has 0 bridgehead atoms. The largest absolute Gasteiger partial charge is 0.522 e. The number of alkyl halides is 3. The summed E-state index contributed by atoms with van der Waals surface area (Å²) >= 11 is 0. The van der Waals surface area contributed by atoms with Crippen molar-refractivity contribution in [3.8, 4) is 0 Å². The molecular formula is C18H31F3N2O6. The fourth-order valence-electron chi connectivity index (χ4n) is 2.99. The van der Waals surface area contributed by atoms with E-state index >= 15 is 0 Å². The highest BCUT2D eigenvalue weighted by Gasteiger charge is 2.51. The van der Waals surface area contributed by atoms with Crippen molar-refractivity contribution in [1.82, 2.24) is 9.96 Å². The standard InChI is InChI=1S/C18H31F3N2O6/c1-16(2,3)29-15(25)23-12(11-27-17(23,4)5)13(28-18(19,20)21)9-8-10-14(24)22(6)26-7/h12-13H,8-11H2,1-7H3/t12-,13+/m0/s1. The first-order valence-electron chi connectivity index (χ1n) is 9.29. The van der Waals surface area contributed by atoms with Gasteiger partial charge in [0.05, 0.1) is 25.9 Å². The molecule has 1 heterocycles. The number of rotatable bonds is 7. The van der Waals surface area contributed by atoms with E-state index < -0.39 is 35.9 Å². The molecule has 0 unspecified atom stereocenters. The summed E-state index contributed by atoms with van der Waals surface area (Å²) in [5.41, 5.74) is -2.01. The third kappa shape index (κ3) is 7.98. The highest BCUT2D eigenvalue weighted by molar-refractivity contribution is 5.74. The number of amides is 2. The van der Waals surface area contributed by atoms with E-state index in [-0.39, 0.29) is 31.8 Å². The first-order valence-corrected chi connectivity index (χ1v) is 9.29. The van der Waals surface area contributed by atoms with Gasteiger partial charge in [-0.2, -0.15) is 0 Å². The van der Waals surface area contributed by atoms with Gasteiger partial charge < -0.3 is 9.47 Å². The molecule has 0 aliphatic carbocycles. The number of carbonyl (C=O) groups excluding carboxylic acids is 2. The molecule has 29 heavy (non-hydrogen) atoms. The van der Waals surface area contributed by atoms with Crippen molar-refractivity contribution in [1.29, 1.82) is 0 Å². The van der Waals surface area contributed by atoms with Gasteiger partial charge in [0.25, 0.3) is 0 Å². The summed E-state index contributed by atoms with van der Waals surface area (Å²) in [4.78, 5) is 30.4. The van der Waals surface area contributed by atoms with Crippen LogP contribution in [0.3, 0.4) is 0 Å². The van der Waals surface area contributed by atoms with Gasteiger partial charge in [-0.15, -0.1) is 13.2 Å². The molecule has 0 aromatic carbocycles. The Morgan fingerprint density at radius 1 is 1.28 bits per heavy atom. The number of hydrogen-bond acceptors (Lipinski definition) is 6. The minimum Gasteiger partial charge on any atom is -0.444 e. The minimum absolute atomic E-state index is 0.0362. The van der Waals surface area contributed by atoms with Crippen molar-refractivity contribution in [3.63, 3.8) is 0 Å². The van der Waals surface area contributed by atoms with Gasteiger partial charge in [-0.05, 0) is 47.5 Å². The van der Waals surface area contributed by atoms with E-state index in [1.54, 1.807) is 34.6 Å². The Balaban J connectivity index is 2.99. The second-order valence-corrected chi connectivity index (χ2v) is 8.24. The Kier molecular flexibility index (Phi) is 8.32. The number of hydroxylamine groups is 2. The first-order chi connectivity index (χ1) is 13.1. The highest BCUT2D eigenvalue weighted by atomic mass is 19.4. The van der Waals surface area contributed by atoms with Crippen LogP contribution >= 0.6 is 0 Å². The van der Waals surface area contributed by atoms with Gasteiger partial charge in [-0.3, -0.25) is 19.3 Å². The fraction of sp³-hybridized carbons (Fsp3) is 0.889. The lowest BCUT2D eigenvalue weighted by atomic mass is 10.0. The number of carbonyl (C=O) groups is 2. The zero-order valence-electron chi connectivity index (χ0n) is 18.0. The van der Waals surface area contributed by atoms with Crippen LogP contribution in [-0.2, 0) is 23.8 Å². The van der Waals surface area contributed by atoms with E-state index in [1.165, 1.54) is 14.2 Å². The van der Waals surface area contributed by atoms with Crippen LogP contribution in [0.4, 0.5) is 18.0 Å². The maximum atomic E-state index is 13.0. The van der Waals surface area contributed by atoms with E-state index in [0.717, 1.165) is 9.96 Å². The monoisotopic (exact) mass is 428 g/mol. The summed E-state index contributed by atoms with van der Waals surface area (Å²) < 4.78 is 54.3. The van der Waals surface area contributed by atoms with Crippen molar-refractivity contribution in [3.05, 3.63) is 0 Å². The lowest BCUT2D eigenvalue weighted by Crippen LogP contribution is -2.54. The molecule has 0 aromatic rings. The Morgan fingerprint density at radius 3 is 2.34 bits per heavy atom. The number of ether oxygens (including phenoxy) is 3. The molecule has 2 amide bonds. The molecule has 1 saturated heterocycles. The molecule has 0 aromatic heterocycles. The fourth-order valence-corrected chi connectivity index (χ4v) is 2.99. The third-order valence-electron chi connectivity index (χ3n) is 4.33. The second kappa shape index (κ2) is 9.48. The molecule has 0 saturated carbocycles. The molecule has 1 aliphatic rings. The smallest absolute Gasteiger partial charge is 0.444 e. The van der Waals surface area contributed by atoms with Crippen molar-refractivity contribution in [2.75, 3.05) is 20.8 Å². The molecule has 0 N–H and O–H groups in total. The van der Waals surface area contributed by atoms with E-state index in [0.29, 0.717) is 0 Å². The summed E-state index contributed by atoms with van der Waals surface area (Å²) in [5.74, 6) is -0.384. The highest BCUT2D eigenvalue weighted by Crippen LogP contribution is 2.35. The number of nitrogens with zero attached hydrogens (tertiary/aromatic N) is 2. The predicted octanol–water partition coefficient (Wildman–Crippen LogP) is 3.45. The van der Waals surface area contributed by atoms with Gasteiger partial charge >= 0.3 is 12.5 Å². The Labute approximate surface area is 169 Å². The van der Waals surface area contributed by atoms with Crippen molar-refractivity contribution >= 4 is 12.0 Å².